The van der Waals surface area contributed by atoms with Crippen LogP contribution in [0.2, 0.25) is 0 Å². The summed E-state index contributed by atoms with van der Waals surface area (Å²) in [5, 5.41) is 6.74. The van der Waals surface area contributed by atoms with Crippen LogP contribution in [0.4, 0.5) is 11.4 Å². The molecule has 2 aromatic carbocycles. The van der Waals surface area contributed by atoms with Crippen molar-refractivity contribution in [1.82, 2.24) is 10.2 Å². The Labute approximate surface area is 220 Å². The second-order valence-corrected chi connectivity index (χ2v) is 13.3. The third-order valence-corrected chi connectivity index (χ3v) is 9.46. The number of fused-ring (bicyclic) bond motifs is 1. The molecule has 8 nitrogen and oxygen atoms in total. The van der Waals surface area contributed by atoms with Crippen molar-refractivity contribution in [3.8, 4) is 0 Å². The quantitative estimate of drug-likeness (QED) is 0.598. The van der Waals surface area contributed by atoms with Gasteiger partial charge in [0.2, 0.25) is 0 Å². The van der Waals surface area contributed by atoms with Gasteiger partial charge in [-0.05, 0) is 53.3 Å². The van der Waals surface area contributed by atoms with Crippen molar-refractivity contribution < 1.29 is 17.9 Å². The number of rotatable bonds is 6. The summed E-state index contributed by atoms with van der Waals surface area (Å²) in [6, 6.07) is 14.9. The summed E-state index contributed by atoms with van der Waals surface area (Å²) < 4.78 is 28.7. The Bertz CT molecular complexity index is 1230. The largest absolute Gasteiger partial charge is 0.378 e. The van der Waals surface area contributed by atoms with Gasteiger partial charge in [-0.1, -0.05) is 26.0 Å². The molecule has 200 valence electrons. The van der Waals surface area contributed by atoms with Crippen molar-refractivity contribution in [3.05, 3.63) is 59.2 Å². The van der Waals surface area contributed by atoms with Crippen LogP contribution in [0.25, 0.3) is 0 Å². The summed E-state index contributed by atoms with van der Waals surface area (Å²) in [5.41, 5.74) is 5.30. The molecule has 0 radical (unpaired) electrons. The maximum Gasteiger partial charge on any atom is 0.251 e. The first kappa shape index (κ1) is 26.0. The van der Waals surface area contributed by atoms with Gasteiger partial charge < -0.3 is 20.3 Å². The zero-order chi connectivity index (χ0) is 26.0. The topological polar surface area (TPSA) is 91.0 Å². The monoisotopic (exact) mass is 526 g/mol. The molecule has 3 aliphatic heterocycles. The van der Waals surface area contributed by atoms with Gasteiger partial charge in [-0.25, -0.2) is 8.42 Å². The van der Waals surface area contributed by atoms with E-state index in [9.17, 15) is 13.2 Å². The minimum atomic E-state index is -2.89. The number of carbonyl (C=O) groups is 1. The van der Waals surface area contributed by atoms with E-state index in [1.54, 1.807) is 0 Å². The molecule has 0 saturated carbocycles. The van der Waals surface area contributed by atoms with E-state index in [1.807, 2.05) is 18.2 Å². The summed E-state index contributed by atoms with van der Waals surface area (Å²) in [6.45, 7) is 10.1. The zero-order valence-electron chi connectivity index (χ0n) is 21.8. The van der Waals surface area contributed by atoms with E-state index in [2.05, 4.69) is 58.5 Å². The van der Waals surface area contributed by atoms with Crippen LogP contribution in [0.15, 0.2) is 42.5 Å². The van der Waals surface area contributed by atoms with Crippen LogP contribution in [-0.4, -0.2) is 83.2 Å². The fraction of sp³-hybridized carbons (Fsp3) is 0.536. The molecule has 1 amide bonds. The van der Waals surface area contributed by atoms with Crippen molar-refractivity contribution in [2.75, 3.05) is 74.2 Å². The van der Waals surface area contributed by atoms with Crippen LogP contribution in [0.5, 0.6) is 0 Å². The molecule has 0 spiro atoms. The second-order valence-electron chi connectivity index (χ2n) is 11.0. The summed E-state index contributed by atoms with van der Waals surface area (Å²) >= 11 is 0. The lowest BCUT2D eigenvalue weighted by Gasteiger charge is -2.39. The Kier molecular flexibility index (Phi) is 7.47. The van der Waals surface area contributed by atoms with Gasteiger partial charge in [0.15, 0.2) is 9.84 Å². The summed E-state index contributed by atoms with van der Waals surface area (Å²) in [5.74, 6) is 0.308. The molecule has 1 atom stereocenters. The van der Waals surface area contributed by atoms with Crippen molar-refractivity contribution in [2.24, 2.45) is 0 Å². The number of sulfone groups is 1. The van der Waals surface area contributed by atoms with Gasteiger partial charge >= 0.3 is 0 Å². The Hall–Kier alpha value is -2.62. The van der Waals surface area contributed by atoms with E-state index in [1.165, 1.54) is 11.3 Å². The molecule has 0 aromatic heterocycles. The van der Waals surface area contributed by atoms with Gasteiger partial charge in [-0.15, -0.1) is 0 Å². The zero-order valence-corrected chi connectivity index (χ0v) is 22.6. The third-order valence-electron chi connectivity index (χ3n) is 7.85. The molecule has 5 rings (SSSR count). The van der Waals surface area contributed by atoms with Crippen LogP contribution in [0.1, 0.15) is 47.8 Å². The van der Waals surface area contributed by atoms with Crippen LogP contribution >= 0.6 is 0 Å². The predicted molar refractivity (Wildman–Crippen MR) is 147 cm³/mol. The Morgan fingerprint density at radius 1 is 1.08 bits per heavy atom. The molecule has 9 heteroatoms. The lowest BCUT2D eigenvalue weighted by Crippen LogP contribution is -2.43. The highest BCUT2D eigenvalue weighted by Gasteiger charge is 2.34. The SMILES string of the molecule is CC1(C)CC(c2cccc(N3CCOCC3)c2)Nc2ccc(C(=O)NCCN3CCS(=O)(=O)CC3)cc21. The first-order chi connectivity index (χ1) is 17.7. The van der Waals surface area contributed by atoms with Crippen LogP contribution in [0.3, 0.4) is 0 Å². The number of benzene rings is 2. The number of morpholine rings is 1. The highest BCUT2D eigenvalue weighted by Crippen LogP contribution is 2.44. The number of amides is 1. The minimum absolute atomic E-state index is 0.0939. The first-order valence-corrected chi connectivity index (χ1v) is 15.1. The first-order valence-electron chi connectivity index (χ1n) is 13.2. The molecular formula is C28H38N4O4S. The summed E-state index contributed by atoms with van der Waals surface area (Å²) in [6.07, 6.45) is 0.926. The summed E-state index contributed by atoms with van der Waals surface area (Å²) in [7, 11) is -2.89. The van der Waals surface area contributed by atoms with Crippen molar-refractivity contribution >= 4 is 27.1 Å². The van der Waals surface area contributed by atoms with Gasteiger partial charge in [0, 0.05) is 56.2 Å². The average Bonchev–Trinajstić information content (AvgIpc) is 2.89. The third kappa shape index (κ3) is 6.10. The van der Waals surface area contributed by atoms with E-state index in [0.717, 1.165) is 44.0 Å². The molecule has 2 N–H and O–H groups in total. The van der Waals surface area contributed by atoms with Gasteiger partial charge in [0.25, 0.3) is 5.91 Å². The molecule has 2 saturated heterocycles. The highest BCUT2D eigenvalue weighted by atomic mass is 32.2. The number of anilines is 2. The van der Waals surface area contributed by atoms with Crippen LogP contribution in [0, 0.1) is 0 Å². The van der Waals surface area contributed by atoms with E-state index < -0.39 is 9.84 Å². The number of nitrogens with one attached hydrogen (secondary N) is 2. The molecule has 1 unspecified atom stereocenters. The maximum absolute atomic E-state index is 12.9. The second kappa shape index (κ2) is 10.6. The molecule has 0 aliphatic carbocycles. The van der Waals surface area contributed by atoms with Crippen LogP contribution < -0.4 is 15.5 Å². The number of ether oxygens (including phenoxy) is 1. The molecule has 0 bridgehead atoms. The van der Waals surface area contributed by atoms with Crippen LogP contribution in [-0.2, 0) is 20.0 Å². The standard InChI is InChI=1S/C28H38N4O4S/c1-28(2)20-26(21-4-3-5-23(18-21)32-10-14-36-15-11-32)30-25-7-6-22(19-24(25)28)27(33)29-8-9-31-12-16-37(34,35)17-13-31/h3-7,18-19,26,30H,8-17,20H2,1-2H3,(H,29,33). The minimum Gasteiger partial charge on any atom is -0.378 e. The molecule has 3 heterocycles. The normalized spacial score (nSPS) is 23.1. The number of hydrogen-bond donors (Lipinski definition) is 2. The smallest absolute Gasteiger partial charge is 0.251 e. The maximum atomic E-state index is 12.9. The molecule has 3 aliphatic rings. The van der Waals surface area contributed by atoms with Crippen molar-refractivity contribution in [3.63, 3.8) is 0 Å². The number of nitrogens with zero attached hydrogens (tertiary/aromatic N) is 2. The molecule has 2 fully saturated rings. The summed E-state index contributed by atoms with van der Waals surface area (Å²) in [4.78, 5) is 17.4. The highest BCUT2D eigenvalue weighted by molar-refractivity contribution is 7.91. The predicted octanol–water partition coefficient (Wildman–Crippen LogP) is 2.82. The van der Waals surface area contributed by atoms with Gasteiger partial charge in [-0.3, -0.25) is 9.69 Å². The van der Waals surface area contributed by atoms with Gasteiger partial charge in [-0.2, -0.15) is 0 Å². The van der Waals surface area contributed by atoms with Crippen molar-refractivity contribution in [2.45, 2.75) is 31.7 Å². The lowest BCUT2D eigenvalue weighted by molar-refractivity contribution is 0.0948. The van der Waals surface area contributed by atoms with Gasteiger partial charge in [0.05, 0.1) is 30.8 Å². The number of hydrogen-bond acceptors (Lipinski definition) is 7. The Morgan fingerprint density at radius 2 is 1.84 bits per heavy atom. The fourth-order valence-electron chi connectivity index (χ4n) is 5.59. The van der Waals surface area contributed by atoms with Crippen molar-refractivity contribution in [1.29, 1.82) is 0 Å². The average molecular weight is 527 g/mol. The van der Waals surface area contributed by atoms with E-state index in [4.69, 9.17) is 4.74 Å². The molecule has 37 heavy (non-hydrogen) atoms. The van der Waals surface area contributed by atoms with E-state index in [-0.39, 0.29) is 28.9 Å². The van der Waals surface area contributed by atoms with E-state index in [0.29, 0.717) is 31.7 Å². The number of carbonyl (C=O) groups excluding carboxylic acids is 1. The Balaban J connectivity index is 1.23. The van der Waals surface area contributed by atoms with Gasteiger partial charge in [0.1, 0.15) is 0 Å². The molecule has 2 aromatic rings. The molecular weight excluding hydrogens is 488 g/mol. The fourth-order valence-corrected chi connectivity index (χ4v) is 6.87. The Morgan fingerprint density at radius 3 is 2.59 bits per heavy atom. The lowest BCUT2D eigenvalue weighted by atomic mass is 9.73. The van der Waals surface area contributed by atoms with E-state index >= 15 is 0 Å².